The van der Waals surface area contributed by atoms with Gasteiger partial charge in [0, 0.05) is 11.4 Å². The minimum Gasteiger partial charge on any atom is -0.445 e. The molecule has 0 aliphatic heterocycles. The van der Waals surface area contributed by atoms with Gasteiger partial charge >= 0.3 is 6.09 Å². The predicted octanol–water partition coefficient (Wildman–Crippen LogP) is 3.48. The zero-order chi connectivity index (χ0) is 12.8. The summed E-state index contributed by atoms with van der Waals surface area (Å²) in [7, 11) is 0. The number of hydrogen-bond acceptors (Lipinski definition) is 2. The van der Waals surface area contributed by atoms with Gasteiger partial charge in [-0.3, -0.25) is 0 Å². The van der Waals surface area contributed by atoms with Crippen molar-refractivity contribution in [1.29, 1.82) is 0 Å². The second kappa shape index (κ2) is 6.78. The second-order valence-electron chi connectivity index (χ2n) is 4.74. The highest BCUT2D eigenvalue weighted by molar-refractivity contribution is 9.09. The first-order valence-electron chi connectivity index (χ1n) is 6.31. The molecule has 1 aliphatic rings. The lowest BCUT2D eigenvalue weighted by Crippen LogP contribution is -2.33. The number of hydrogen-bond donors (Lipinski definition) is 1. The number of carbonyl (C=O) groups is 1. The maximum Gasteiger partial charge on any atom is 0.407 e. The molecule has 0 heterocycles. The molecule has 0 spiro atoms. The summed E-state index contributed by atoms with van der Waals surface area (Å²) in [5.74, 6) is 0.685. The molecule has 18 heavy (non-hydrogen) atoms. The van der Waals surface area contributed by atoms with Crippen LogP contribution in [0.3, 0.4) is 0 Å². The van der Waals surface area contributed by atoms with Gasteiger partial charge in [0.25, 0.3) is 0 Å². The smallest absolute Gasteiger partial charge is 0.407 e. The van der Waals surface area contributed by atoms with Gasteiger partial charge in [0.1, 0.15) is 6.61 Å². The van der Waals surface area contributed by atoms with E-state index >= 15 is 0 Å². The summed E-state index contributed by atoms with van der Waals surface area (Å²) < 4.78 is 5.20. The molecule has 1 fully saturated rings. The number of rotatable bonds is 4. The molecule has 1 aromatic carbocycles. The molecule has 2 rings (SSSR count). The minimum absolute atomic E-state index is 0.274. The highest BCUT2D eigenvalue weighted by Crippen LogP contribution is 2.26. The van der Waals surface area contributed by atoms with Gasteiger partial charge in [-0.05, 0) is 30.7 Å². The Morgan fingerprint density at radius 2 is 2.11 bits per heavy atom. The third-order valence-corrected chi connectivity index (χ3v) is 4.21. The maximum absolute atomic E-state index is 11.6. The molecule has 1 aromatic rings. The Labute approximate surface area is 116 Å². The van der Waals surface area contributed by atoms with Crippen molar-refractivity contribution in [3.05, 3.63) is 35.9 Å². The molecular weight excluding hydrogens is 294 g/mol. The fraction of sp³-hybridized carbons (Fsp3) is 0.500. The average Bonchev–Trinajstić information content (AvgIpc) is 2.85. The van der Waals surface area contributed by atoms with Crippen molar-refractivity contribution in [2.75, 3.05) is 5.33 Å². The van der Waals surface area contributed by atoms with Crippen LogP contribution in [0.4, 0.5) is 4.79 Å². The number of alkyl halides is 1. The van der Waals surface area contributed by atoms with E-state index in [1.807, 2.05) is 30.3 Å². The van der Waals surface area contributed by atoms with Gasteiger partial charge in [-0.2, -0.15) is 0 Å². The van der Waals surface area contributed by atoms with Crippen molar-refractivity contribution in [2.45, 2.75) is 31.9 Å². The van der Waals surface area contributed by atoms with E-state index in [-0.39, 0.29) is 12.1 Å². The second-order valence-corrected chi connectivity index (χ2v) is 5.38. The number of carbonyl (C=O) groups excluding carboxylic acids is 1. The number of amides is 1. The summed E-state index contributed by atoms with van der Waals surface area (Å²) in [5, 5.41) is 3.95. The molecule has 3 nitrogen and oxygen atoms in total. The molecule has 0 saturated heterocycles. The Morgan fingerprint density at radius 3 is 2.78 bits per heavy atom. The van der Waals surface area contributed by atoms with Crippen molar-refractivity contribution in [2.24, 2.45) is 5.92 Å². The Morgan fingerprint density at radius 1 is 1.33 bits per heavy atom. The summed E-state index contributed by atoms with van der Waals surface area (Å²) >= 11 is 3.49. The number of ether oxygens (including phenoxy) is 1. The third kappa shape index (κ3) is 4.02. The molecule has 1 N–H and O–H groups in total. The third-order valence-electron chi connectivity index (χ3n) is 3.29. The van der Waals surface area contributed by atoms with E-state index in [9.17, 15) is 4.79 Å². The Kier molecular flexibility index (Phi) is 5.05. The highest BCUT2D eigenvalue weighted by Gasteiger charge is 2.25. The quantitative estimate of drug-likeness (QED) is 0.865. The van der Waals surface area contributed by atoms with Crippen LogP contribution in [0.15, 0.2) is 30.3 Å². The standard InChI is InChI=1S/C14H18BrNO2/c15-9-12-6-7-13(8-12)16-14(17)18-10-11-4-2-1-3-5-11/h1-5,12-13H,6-10H2,(H,16,17)/t12-,13+/m1/s1. The van der Waals surface area contributed by atoms with Gasteiger partial charge in [0.15, 0.2) is 0 Å². The molecule has 0 aromatic heterocycles. The summed E-state index contributed by atoms with van der Waals surface area (Å²) in [6.07, 6.45) is 2.97. The van der Waals surface area contributed by atoms with Crippen molar-refractivity contribution in [3.8, 4) is 0 Å². The van der Waals surface area contributed by atoms with Gasteiger partial charge in [-0.1, -0.05) is 46.3 Å². The first-order valence-corrected chi connectivity index (χ1v) is 7.43. The first-order chi connectivity index (χ1) is 8.78. The number of nitrogens with one attached hydrogen (secondary N) is 1. The van der Waals surface area contributed by atoms with Crippen LogP contribution in [0.2, 0.25) is 0 Å². The Hall–Kier alpha value is -1.03. The van der Waals surface area contributed by atoms with Gasteiger partial charge in [0.05, 0.1) is 0 Å². The van der Waals surface area contributed by atoms with Gasteiger partial charge < -0.3 is 10.1 Å². The lowest BCUT2D eigenvalue weighted by atomic mass is 10.1. The lowest BCUT2D eigenvalue weighted by molar-refractivity contribution is 0.135. The van der Waals surface area contributed by atoms with E-state index in [2.05, 4.69) is 21.2 Å². The summed E-state index contributed by atoms with van der Waals surface area (Å²) in [6, 6.07) is 9.99. The molecule has 1 saturated carbocycles. The molecule has 0 radical (unpaired) electrons. The number of alkyl carbamates (subject to hydrolysis) is 1. The van der Waals surface area contributed by atoms with E-state index in [1.165, 1.54) is 6.42 Å². The first kappa shape index (κ1) is 13.4. The lowest BCUT2D eigenvalue weighted by Gasteiger charge is -2.13. The summed E-state index contributed by atoms with van der Waals surface area (Å²) in [6.45, 7) is 0.335. The molecule has 2 atom stereocenters. The van der Waals surface area contributed by atoms with E-state index in [0.717, 1.165) is 23.7 Å². The van der Waals surface area contributed by atoms with Crippen LogP contribution in [0.25, 0.3) is 0 Å². The summed E-state index contributed by atoms with van der Waals surface area (Å²) in [4.78, 5) is 11.6. The molecule has 4 heteroatoms. The predicted molar refractivity (Wildman–Crippen MR) is 74.7 cm³/mol. The molecule has 98 valence electrons. The van der Waals surface area contributed by atoms with E-state index in [0.29, 0.717) is 12.5 Å². The number of benzene rings is 1. The molecular formula is C14H18BrNO2. The van der Waals surface area contributed by atoms with Crippen LogP contribution < -0.4 is 5.32 Å². The van der Waals surface area contributed by atoms with Crippen LogP contribution in [-0.2, 0) is 11.3 Å². The fourth-order valence-electron chi connectivity index (χ4n) is 2.28. The van der Waals surface area contributed by atoms with E-state index in [4.69, 9.17) is 4.74 Å². The van der Waals surface area contributed by atoms with Crippen LogP contribution in [-0.4, -0.2) is 17.5 Å². The highest BCUT2D eigenvalue weighted by atomic mass is 79.9. The summed E-state index contributed by atoms with van der Waals surface area (Å²) in [5.41, 5.74) is 1.01. The fourth-order valence-corrected chi connectivity index (χ4v) is 2.87. The Balaban J connectivity index is 1.70. The monoisotopic (exact) mass is 311 g/mol. The van der Waals surface area contributed by atoms with Gasteiger partial charge in [0.2, 0.25) is 0 Å². The zero-order valence-corrected chi connectivity index (χ0v) is 11.9. The molecule has 1 aliphatic carbocycles. The molecule has 0 bridgehead atoms. The van der Waals surface area contributed by atoms with Crippen LogP contribution >= 0.6 is 15.9 Å². The van der Waals surface area contributed by atoms with E-state index in [1.54, 1.807) is 0 Å². The molecule has 1 amide bonds. The van der Waals surface area contributed by atoms with Gasteiger partial charge in [-0.25, -0.2) is 4.79 Å². The maximum atomic E-state index is 11.6. The largest absolute Gasteiger partial charge is 0.445 e. The topological polar surface area (TPSA) is 38.3 Å². The SMILES string of the molecule is O=C(N[C@H]1CC[C@@H](CBr)C1)OCc1ccccc1. The van der Waals surface area contributed by atoms with Gasteiger partial charge in [-0.15, -0.1) is 0 Å². The van der Waals surface area contributed by atoms with E-state index < -0.39 is 0 Å². The van der Waals surface area contributed by atoms with Crippen molar-refractivity contribution in [1.82, 2.24) is 5.32 Å². The van der Waals surface area contributed by atoms with Crippen LogP contribution in [0.5, 0.6) is 0 Å². The van der Waals surface area contributed by atoms with Crippen molar-refractivity contribution >= 4 is 22.0 Å². The minimum atomic E-state index is -0.306. The van der Waals surface area contributed by atoms with Crippen LogP contribution in [0, 0.1) is 5.92 Å². The number of halogens is 1. The average molecular weight is 312 g/mol. The van der Waals surface area contributed by atoms with Crippen molar-refractivity contribution < 1.29 is 9.53 Å². The molecule has 0 unspecified atom stereocenters. The normalized spacial score (nSPS) is 22.7. The zero-order valence-electron chi connectivity index (χ0n) is 10.3. The Bertz CT molecular complexity index is 383. The van der Waals surface area contributed by atoms with Crippen molar-refractivity contribution in [3.63, 3.8) is 0 Å². The van der Waals surface area contributed by atoms with Crippen LogP contribution in [0.1, 0.15) is 24.8 Å².